The minimum Gasteiger partial charge on any atom is -0.450 e. The summed E-state index contributed by atoms with van der Waals surface area (Å²) in [4.78, 5) is 11.7. The molecule has 1 aliphatic carbocycles. The number of carbonyl (C=O) groups excluding carboxylic acids is 1. The standard InChI is InChI=1S/C17H14O2/c1-11(2)17(18)19-15-10-9-13-6-3-5-12-7-4-8-14(15)16(12)13/h3-10,15H,1H2,2H3. The van der Waals surface area contributed by atoms with E-state index >= 15 is 0 Å². The summed E-state index contributed by atoms with van der Waals surface area (Å²) in [5, 5.41) is 2.32. The average molecular weight is 250 g/mol. The molecule has 0 amide bonds. The van der Waals surface area contributed by atoms with Crippen LogP contribution >= 0.6 is 0 Å². The Bertz CT molecular complexity index is 705. The van der Waals surface area contributed by atoms with Crippen molar-refractivity contribution in [2.45, 2.75) is 13.0 Å². The quantitative estimate of drug-likeness (QED) is 0.594. The van der Waals surface area contributed by atoms with Crippen molar-refractivity contribution in [3.63, 3.8) is 0 Å². The molecule has 0 saturated heterocycles. The molecule has 0 saturated carbocycles. The molecule has 19 heavy (non-hydrogen) atoms. The van der Waals surface area contributed by atoms with Gasteiger partial charge in [-0.3, -0.25) is 0 Å². The van der Waals surface area contributed by atoms with Gasteiger partial charge in [-0.05, 0) is 29.3 Å². The summed E-state index contributed by atoms with van der Waals surface area (Å²) in [7, 11) is 0. The summed E-state index contributed by atoms with van der Waals surface area (Å²) in [5.74, 6) is -0.356. The third-order valence-electron chi connectivity index (χ3n) is 3.31. The predicted molar refractivity (Wildman–Crippen MR) is 76.6 cm³/mol. The Kier molecular flexibility index (Phi) is 2.71. The van der Waals surface area contributed by atoms with Crippen molar-refractivity contribution in [1.82, 2.24) is 0 Å². The van der Waals surface area contributed by atoms with Gasteiger partial charge in [0, 0.05) is 11.1 Å². The number of benzene rings is 2. The van der Waals surface area contributed by atoms with Gasteiger partial charge in [-0.15, -0.1) is 0 Å². The molecule has 2 heteroatoms. The van der Waals surface area contributed by atoms with Gasteiger partial charge in [0.1, 0.15) is 6.10 Å². The molecule has 2 aromatic rings. The highest BCUT2D eigenvalue weighted by atomic mass is 16.5. The van der Waals surface area contributed by atoms with Crippen molar-refractivity contribution >= 4 is 22.8 Å². The fourth-order valence-corrected chi connectivity index (χ4v) is 2.39. The van der Waals surface area contributed by atoms with Crippen LogP contribution in [0.2, 0.25) is 0 Å². The topological polar surface area (TPSA) is 26.3 Å². The van der Waals surface area contributed by atoms with E-state index in [0.717, 1.165) is 21.9 Å². The number of hydrogen-bond acceptors (Lipinski definition) is 2. The van der Waals surface area contributed by atoms with Gasteiger partial charge in [0.2, 0.25) is 0 Å². The Morgan fingerprint density at radius 3 is 2.68 bits per heavy atom. The van der Waals surface area contributed by atoms with Crippen molar-refractivity contribution < 1.29 is 9.53 Å². The summed E-state index contributed by atoms with van der Waals surface area (Å²) < 4.78 is 5.47. The molecule has 0 N–H and O–H groups in total. The van der Waals surface area contributed by atoms with E-state index < -0.39 is 0 Å². The third kappa shape index (κ3) is 1.95. The van der Waals surface area contributed by atoms with Crippen LogP contribution in [0.3, 0.4) is 0 Å². The highest BCUT2D eigenvalue weighted by molar-refractivity contribution is 5.96. The van der Waals surface area contributed by atoms with Crippen LogP contribution in [0.5, 0.6) is 0 Å². The van der Waals surface area contributed by atoms with Gasteiger partial charge in [0.05, 0.1) is 0 Å². The lowest BCUT2D eigenvalue weighted by Crippen LogP contribution is -2.12. The second-order valence-corrected chi connectivity index (χ2v) is 4.76. The minimum atomic E-state index is -0.356. The number of rotatable bonds is 2. The zero-order valence-corrected chi connectivity index (χ0v) is 10.7. The molecule has 1 aliphatic rings. The fraction of sp³-hybridized carbons (Fsp3) is 0.118. The molecule has 3 rings (SSSR count). The summed E-state index contributed by atoms with van der Waals surface area (Å²) >= 11 is 0. The van der Waals surface area contributed by atoms with Crippen LogP contribution in [0.1, 0.15) is 24.2 Å². The molecular formula is C17H14O2. The third-order valence-corrected chi connectivity index (χ3v) is 3.31. The summed E-state index contributed by atoms with van der Waals surface area (Å²) in [6.07, 6.45) is 3.59. The number of ether oxygens (including phenoxy) is 1. The first-order valence-electron chi connectivity index (χ1n) is 6.23. The van der Waals surface area contributed by atoms with Crippen molar-refractivity contribution in [1.29, 1.82) is 0 Å². The Morgan fingerprint density at radius 2 is 1.95 bits per heavy atom. The Hall–Kier alpha value is -2.35. The molecular weight excluding hydrogens is 236 g/mol. The zero-order valence-electron chi connectivity index (χ0n) is 10.7. The van der Waals surface area contributed by atoms with Gasteiger partial charge in [0.15, 0.2) is 0 Å². The van der Waals surface area contributed by atoms with E-state index in [1.54, 1.807) is 6.92 Å². The van der Waals surface area contributed by atoms with Crippen LogP contribution in [0, 0.1) is 0 Å². The van der Waals surface area contributed by atoms with Gasteiger partial charge in [0.25, 0.3) is 0 Å². The van der Waals surface area contributed by atoms with E-state index in [9.17, 15) is 4.79 Å². The maximum atomic E-state index is 11.7. The molecule has 2 nitrogen and oxygen atoms in total. The Labute approximate surface area is 112 Å². The second-order valence-electron chi connectivity index (χ2n) is 4.76. The summed E-state index contributed by atoms with van der Waals surface area (Å²) in [5.41, 5.74) is 2.61. The van der Waals surface area contributed by atoms with E-state index in [2.05, 4.69) is 24.8 Å². The normalized spacial score (nSPS) is 16.4. The molecule has 0 aromatic heterocycles. The molecule has 0 aliphatic heterocycles. The van der Waals surface area contributed by atoms with Crippen LogP contribution < -0.4 is 0 Å². The maximum Gasteiger partial charge on any atom is 0.334 e. The Morgan fingerprint density at radius 1 is 1.21 bits per heavy atom. The molecule has 2 aromatic carbocycles. The van der Waals surface area contributed by atoms with E-state index in [1.807, 2.05) is 30.4 Å². The first-order chi connectivity index (χ1) is 9.16. The maximum absolute atomic E-state index is 11.7. The highest BCUT2D eigenvalue weighted by Gasteiger charge is 2.20. The second kappa shape index (κ2) is 4.39. The number of carbonyl (C=O) groups is 1. The van der Waals surface area contributed by atoms with Gasteiger partial charge in [-0.1, -0.05) is 49.1 Å². The molecule has 0 spiro atoms. The zero-order chi connectivity index (χ0) is 13.4. The fourth-order valence-electron chi connectivity index (χ4n) is 2.39. The van der Waals surface area contributed by atoms with Crippen LogP contribution in [0.4, 0.5) is 0 Å². The van der Waals surface area contributed by atoms with Crippen molar-refractivity contribution in [2.75, 3.05) is 0 Å². The van der Waals surface area contributed by atoms with Crippen LogP contribution in [0.15, 0.2) is 54.6 Å². The van der Waals surface area contributed by atoms with E-state index in [0.29, 0.717) is 5.57 Å². The van der Waals surface area contributed by atoms with E-state index in [1.165, 1.54) is 0 Å². The lowest BCUT2D eigenvalue weighted by Gasteiger charge is -2.21. The first-order valence-corrected chi connectivity index (χ1v) is 6.23. The van der Waals surface area contributed by atoms with Gasteiger partial charge in [-0.2, -0.15) is 0 Å². The smallest absolute Gasteiger partial charge is 0.334 e. The Balaban J connectivity index is 2.09. The van der Waals surface area contributed by atoms with Crippen LogP contribution in [-0.2, 0) is 9.53 Å². The SMILES string of the molecule is C=C(C)C(=O)OC1C=Cc2cccc3cccc1c23. The largest absolute Gasteiger partial charge is 0.450 e. The van der Waals surface area contributed by atoms with Gasteiger partial charge >= 0.3 is 5.97 Å². The van der Waals surface area contributed by atoms with E-state index in [-0.39, 0.29) is 12.1 Å². The highest BCUT2D eigenvalue weighted by Crippen LogP contribution is 2.35. The molecule has 0 bridgehead atoms. The lowest BCUT2D eigenvalue weighted by molar-refractivity contribution is -0.142. The van der Waals surface area contributed by atoms with Gasteiger partial charge < -0.3 is 4.74 Å². The molecule has 0 heterocycles. The number of esters is 1. The molecule has 1 unspecified atom stereocenters. The summed E-state index contributed by atoms with van der Waals surface area (Å²) in [6, 6.07) is 12.2. The minimum absolute atomic E-state index is 0.331. The molecule has 0 fully saturated rings. The van der Waals surface area contributed by atoms with Crippen LogP contribution in [0.25, 0.3) is 16.8 Å². The van der Waals surface area contributed by atoms with Crippen LogP contribution in [-0.4, -0.2) is 5.97 Å². The summed E-state index contributed by atoms with van der Waals surface area (Å²) in [6.45, 7) is 5.27. The van der Waals surface area contributed by atoms with E-state index in [4.69, 9.17) is 4.74 Å². The monoisotopic (exact) mass is 250 g/mol. The number of hydrogen-bond donors (Lipinski definition) is 0. The molecule has 1 atom stereocenters. The van der Waals surface area contributed by atoms with Crippen molar-refractivity contribution in [2.24, 2.45) is 0 Å². The van der Waals surface area contributed by atoms with Crippen molar-refractivity contribution in [3.8, 4) is 0 Å². The van der Waals surface area contributed by atoms with Crippen molar-refractivity contribution in [3.05, 3.63) is 65.8 Å². The predicted octanol–water partition coefficient (Wildman–Crippen LogP) is 4.03. The first kappa shape index (κ1) is 11.7. The molecule has 94 valence electrons. The van der Waals surface area contributed by atoms with Gasteiger partial charge in [-0.25, -0.2) is 4.79 Å². The lowest BCUT2D eigenvalue weighted by atomic mass is 9.91. The molecule has 0 radical (unpaired) electrons. The average Bonchev–Trinajstić information content (AvgIpc) is 2.42.